The van der Waals surface area contributed by atoms with Gasteiger partial charge in [0.25, 0.3) is 0 Å². The highest BCUT2D eigenvalue weighted by Crippen LogP contribution is 2.26. The van der Waals surface area contributed by atoms with E-state index in [9.17, 15) is 35.1 Å². The fourth-order valence-electron chi connectivity index (χ4n) is 11.2. The lowest BCUT2D eigenvalue weighted by Crippen LogP contribution is -2.61. The van der Waals surface area contributed by atoms with Crippen LogP contribution in [0.5, 0.6) is 0 Å². The number of hydrogen-bond donors (Lipinski definition) is 6. The fraction of sp³-hybridized carbons (Fsp3) is 0.838. The number of carbonyl (C=O) groups is 2. The molecule has 1 rings (SSSR count). The Bertz CT molecular complexity index is 1620. The predicted molar refractivity (Wildman–Crippen MR) is 356 cm³/mol. The average molecular weight is 1200 g/mol. The first-order chi connectivity index (χ1) is 41.7. The van der Waals surface area contributed by atoms with Gasteiger partial charge in [-0.25, -0.2) is 0 Å². The number of amides is 1. The molecule has 0 bridgehead atoms. The van der Waals surface area contributed by atoms with E-state index in [2.05, 4.69) is 74.7 Å². The van der Waals surface area contributed by atoms with Crippen LogP contribution >= 0.6 is 0 Å². The van der Waals surface area contributed by atoms with Gasteiger partial charge in [0.15, 0.2) is 12.4 Å². The van der Waals surface area contributed by atoms with Gasteiger partial charge in [0, 0.05) is 6.42 Å². The highest BCUT2D eigenvalue weighted by atomic mass is 16.7. The monoisotopic (exact) mass is 1200 g/mol. The maximum atomic E-state index is 13.5. The Morgan fingerprint density at radius 3 is 1.24 bits per heavy atom. The summed E-state index contributed by atoms with van der Waals surface area (Å²) < 4.78 is 17.7. The summed E-state index contributed by atoms with van der Waals surface area (Å²) in [6.07, 6.45) is 68.3. The van der Waals surface area contributed by atoms with Gasteiger partial charge in [0.05, 0.1) is 25.4 Å². The number of rotatable bonds is 62. The zero-order valence-electron chi connectivity index (χ0n) is 55.2. The van der Waals surface area contributed by atoms with Crippen LogP contribution in [0, 0.1) is 0 Å². The van der Waals surface area contributed by atoms with E-state index in [-0.39, 0.29) is 13.0 Å². The molecule has 11 heteroatoms. The van der Waals surface area contributed by atoms with Crippen molar-refractivity contribution in [1.29, 1.82) is 0 Å². The van der Waals surface area contributed by atoms with Gasteiger partial charge < -0.3 is 45.1 Å². The number of nitrogens with one attached hydrogen (secondary N) is 1. The molecular formula is C74H135NO10. The van der Waals surface area contributed by atoms with Crippen LogP contribution in [0.3, 0.4) is 0 Å². The van der Waals surface area contributed by atoms with Gasteiger partial charge in [0.2, 0.25) is 5.91 Å². The number of carbonyl (C=O) groups excluding carboxylic acids is 2. The fourth-order valence-corrected chi connectivity index (χ4v) is 11.2. The number of allylic oxidation sites excluding steroid dienone is 9. The third-order valence-electron chi connectivity index (χ3n) is 16.9. The summed E-state index contributed by atoms with van der Waals surface area (Å²) >= 11 is 0. The maximum Gasteiger partial charge on any atom is 0.306 e. The normalized spacial score (nSPS) is 18.7. The average Bonchev–Trinajstić information content (AvgIpc) is 2.48. The Morgan fingerprint density at radius 2 is 0.812 bits per heavy atom. The number of ether oxygens (including phenoxy) is 3. The summed E-state index contributed by atoms with van der Waals surface area (Å²) in [5.74, 6) is -1.20. The van der Waals surface area contributed by atoms with Crippen molar-refractivity contribution in [2.75, 3.05) is 13.2 Å². The Balaban J connectivity index is 2.60. The van der Waals surface area contributed by atoms with Gasteiger partial charge in [-0.1, -0.05) is 319 Å². The van der Waals surface area contributed by atoms with E-state index in [1.165, 1.54) is 199 Å². The molecule has 1 fully saturated rings. The lowest BCUT2D eigenvalue weighted by Gasteiger charge is -2.41. The van der Waals surface area contributed by atoms with Crippen LogP contribution in [-0.4, -0.2) is 99.6 Å². The van der Waals surface area contributed by atoms with E-state index >= 15 is 0 Å². The van der Waals surface area contributed by atoms with Crippen molar-refractivity contribution in [2.24, 2.45) is 0 Å². The standard InChI is InChI=1S/C74H135NO10/c1-4-7-10-13-16-19-22-25-27-29-31-33-35-36-38-40-43-46-49-52-55-58-61-67(78)73(82)75-65(66(77)60-57-54-51-48-45-42-24-21-18-15-12-9-6-3)64-83-74-72(71(81)70(80)68(63-76)84-74)85-69(79)62-59-56-53-50-47-44-41-39-37-34-32-30-28-26-23-20-17-14-11-8-5-2/h17,20,26,28,32,34,39,41,57,60,65-68,70-72,74,76-78,80-81H,4-16,18-19,21-25,27,29-31,33,35-38,40,42-56,58-59,61-64H2,1-3H3,(H,75,82)/b20-17-,28-26-,34-32-,41-39-,60-57+. The quantitative estimate of drug-likeness (QED) is 0.0195. The molecule has 1 amide bonds. The van der Waals surface area contributed by atoms with Gasteiger partial charge in [0.1, 0.15) is 24.4 Å². The minimum Gasteiger partial charge on any atom is -0.454 e. The molecular weight excluding hydrogens is 1060 g/mol. The number of esters is 1. The summed E-state index contributed by atoms with van der Waals surface area (Å²) in [5.41, 5.74) is 0. The second kappa shape index (κ2) is 61.6. The molecule has 11 nitrogen and oxygen atoms in total. The molecule has 1 saturated heterocycles. The Kier molecular flexibility index (Phi) is 58.2. The molecule has 8 unspecified atom stereocenters. The van der Waals surface area contributed by atoms with Crippen molar-refractivity contribution < 1.29 is 49.3 Å². The zero-order chi connectivity index (χ0) is 61.7. The van der Waals surface area contributed by atoms with Crippen LogP contribution in [-0.2, 0) is 23.8 Å². The van der Waals surface area contributed by atoms with E-state index in [1.807, 2.05) is 6.08 Å². The lowest BCUT2D eigenvalue weighted by molar-refractivity contribution is -0.305. The first-order valence-electron chi connectivity index (χ1n) is 36.1. The number of aliphatic hydroxyl groups excluding tert-OH is 5. The molecule has 1 heterocycles. The minimum atomic E-state index is -1.62. The lowest BCUT2D eigenvalue weighted by atomic mass is 9.99. The van der Waals surface area contributed by atoms with Crippen LogP contribution in [0.15, 0.2) is 60.8 Å². The second-order valence-electron chi connectivity index (χ2n) is 25.0. The minimum absolute atomic E-state index is 0.103. The first-order valence-corrected chi connectivity index (χ1v) is 36.1. The second-order valence-corrected chi connectivity index (χ2v) is 25.0. The topological polar surface area (TPSA) is 175 Å². The first kappa shape index (κ1) is 80.4. The van der Waals surface area contributed by atoms with E-state index < -0.39 is 67.4 Å². The van der Waals surface area contributed by atoms with Crippen molar-refractivity contribution in [1.82, 2.24) is 5.32 Å². The van der Waals surface area contributed by atoms with E-state index in [1.54, 1.807) is 6.08 Å². The van der Waals surface area contributed by atoms with E-state index in [4.69, 9.17) is 14.2 Å². The molecule has 0 aliphatic carbocycles. The molecule has 0 spiro atoms. The molecule has 0 aromatic carbocycles. The largest absolute Gasteiger partial charge is 0.454 e. The third kappa shape index (κ3) is 48.9. The summed E-state index contributed by atoms with van der Waals surface area (Å²) in [5, 5.41) is 57.3. The van der Waals surface area contributed by atoms with Crippen molar-refractivity contribution in [3.05, 3.63) is 60.8 Å². The molecule has 85 heavy (non-hydrogen) atoms. The Hall–Kier alpha value is -2.64. The van der Waals surface area contributed by atoms with Crippen LogP contribution in [0.4, 0.5) is 0 Å². The third-order valence-corrected chi connectivity index (χ3v) is 16.9. The van der Waals surface area contributed by atoms with Crippen molar-refractivity contribution >= 4 is 11.9 Å². The smallest absolute Gasteiger partial charge is 0.306 e. The molecule has 0 aromatic heterocycles. The summed E-state index contributed by atoms with van der Waals surface area (Å²) in [6, 6.07) is -1.03. The molecule has 0 saturated carbocycles. The highest BCUT2D eigenvalue weighted by molar-refractivity contribution is 5.80. The SMILES string of the molecule is CCCCC/C=C\C/C=C\C/C=C\C/C=C\CCCCCCCC(=O)OC1C(OCC(NC(=O)C(O)CCCCCCCCCCCCCCCCCCCCCCCC)C(O)/C=C/CCCCCCCCCCCCC)OC(CO)C(O)C1O. The van der Waals surface area contributed by atoms with Gasteiger partial charge in [-0.05, 0) is 70.6 Å². The number of aliphatic hydroxyl groups is 5. The molecule has 0 aromatic rings. The molecule has 0 radical (unpaired) electrons. The molecule has 1 aliphatic heterocycles. The zero-order valence-corrected chi connectivity index (χ0v) is 55.2. The summed E-state index contributed by atoms with van der Waals surface area (Å²) in [4.78, 5) is 26.7. The van der Waals surface area contributed by atoms with Crippen molar-refractivity contribution in [3.63, 3.8) is 0 Å². The molecule has 6 N–H and O–H groups in total. The van der Waals surface area contributed by atoms with E-state index in [0.29, 0.717) is 19.3 Å². The van der Waals surface area contributed by atoms with Gasteiger partial charge in [-0.3, -0.25) is 9.59 Å². The van der Waals surface area contributed by atoms with E-state index in [0.717, 1.165) is 89.9 Å². The Morgan fingerprint density at radius 1 is 0.459 bits per heavy atom. The number of hydrogen-bond acceptors (Lipinski definition) is 10. The maximum absolute atomic E-state index is 13.5. The summed E-state index contributed by atoms with van der Waals surface area (Å²) in [6.45, 7) is 5.80. The predicted octanol–water partition coefficient (Wildman–Crippen LogP) is 18.5. The van der Waals surface area contributed by atoms with Gasteiger partial charge >= 0.3 is 5.97 Å². The van der Waals surface area contributed by atoms with Crippen LogP contribution in [0.2, 0.25) is 0 Å². The molecule has 8 atom stereocenters. The Labute approximate surface area is 522 Å². The summed E-state index contributed by atoms with van der Waals surface area (Å²) in [7, 11) is 0. The van der Waals surface area contributed by atoms with Crippen molar-refractivity contribution in [3.8, 4) is 0 Å². The van der Waals surface area contributed by atoms with Gasteiger partial charge in [-0.15, -0.1) is 0 Å². The molecule has 1 aliphatic rings. The molecule has 496 valence electrons. The van der Waals surface area contributed by atoms with Crippen LogP contribution < -0.4 is 5.32 Å². The van der Waals surface area contributed by atoms with Crippen molar-refractivity contribution in [2.45, 2.75) is 384 Å². The number of unbranched alkanes of at least 4 members (excludes halogenated alkanes) is 40. The highest BCUT2D eigenvalue weighted by Gasteiger charge is 2.47. The van der Waals surface area contributed by atoms with Gasteiger partial charge in [-0.2, -0.15) is 0 Å². The van der Waals surface area contributed by atoms with Crippen LogP contribution in [0.1, 0.15) is 335 Å². The van der Waals surface area contributed by atoms with Crippen LogP contribution in [0.25, 0.3) is 0 Å².